The molecule has 2 rings (SSSR count). The molecule has 1 aromatic heterocycles. The molecule has 1 aliphatic rings. The fourth-order valence-electron chi connectivity index (χ4n) is 1.76. The Balaban J connectivity index is 1.85. The van der Waals surface area contributed by atoms with Crippen molar-refractivity contribution < 1.29 is 4.74 Å². The average Bonchev–Trinajstić information content (AvgIpc) is 3.21. The maximum atomic E-state index is 5.65. The van der Waals surface area contributed by atoms with E-state index in [1.165, 1.54) is 12.8 Å². The predicted molar refractivity (Wildman–Crippen MR) is 80.7 cm³/mol. The molecule has 0 bridgehead atoms. The Morgan fingerprint density at radius 2 is 2.26 bits per heavy atom. The molecule has 1 heterocycles. The summed E-state index contributed by atoms with van der Waals surface area (Å²) in [6.45, 7) is 5.35. The minimum Gasteiger partial charge on any atom is -0.379 e. The lowest BCUT2D eigenvalue weighted by molar-refractivity contribution is 0.130. The number of nitrogens with one attached hydrogen (secondary N) is 1. The number of aromatic nitrogens is 2. The van der Waals surface area contributed by atoms with Gasteiger partial charge in [0.05, 0.1) is 6.61 Å². The second kappa shape index (κ2) is 7.05. The second-order valence-corrected chi connectivity index (χ2v) is 5.62. The minimum atomic E-state index is 0.736. The van der Waals surface area contributed by atoms with Crippen molar-refractivity contribution in [3.8, 4) is 0 Å². The van der Waals surface area contributed by atoms with E-state index < -0.39 is 0 Å². The molecule has 0 unspecified atom stereocenters. The largest absolute Gasteiger partial charge is 0.379 e. The molecule has 1 aromatic rings. The maximum absolute atomic E-state index is 5.65. The summed E-state index contributed by atoms with van der Waals surface area (Å²) in [4.78, 5) is 10.6. The molecular weight excluding hydrogens is 308 g/mol. The molecule has 1 fully saturated rings. The van der Waals surface area contributed by atoms with E-state index in [0.29, 0.717) is 0 Å². The van der Waals surface area contributed by atoms with Crippen molar-refractivity contribution >= 4 is 27.6 Å². The van der Waals surface area contributed by atoms with Crippen LogP contribution < -0.4 is 10.2 Å². The van der Waals surface area contributed by atoms with E-state index in [9.17, 15) is 0 Å². The minimum absolute atomic E-state index is 0.736. The predicted octanol–water partition coefficient (Wildman–Crippen LogP) is 2.53. The normalized spacial score (nSPS) is 14.5. The van der Waals surface area contributed by atoms with E-state index in [-0.39, 0.29) is 0 Å². The zero-order valence-electron chi connectivity index (χ0n) is 11.5. The van der Waals surface area contributed by atoms with Crippen LogP contribution >= 0.6 is 15.9 Å². The van der Waals surface area contributed by atoms with Crippen molar-refractivity contribution in [3.05, 3.63) is 10.8 Å². The van der Waals surface area contributed by atoms with Crippen LogP contribution in [-0.2, 0) is 4.74 Å². The van der Waals surface area contributed by atoms with E-state index in [2.05, 4.69) is 36.1 Å². The molecule has 1 N–H and O–H groups in total. The van der Waals surface area contributed by atoms with Crippen LogP contribution in [0.2, 0.25) is 0 Å². The number of rotatable bonds is 8. The van der Waals surface area contributed by atoms with Crippen LogP contribution in [0, 0.1) is 5.92 Å². The Morgan fingerprint density at radius 3 is 2.95 bits per heavy atom. The molecule has 0 aliphatic heterocycles. The molecule has 19 heavy (non-hydrogen) atoms. The van der Waals surface area contributed by atoms with Gasteiger partial charge in [0.1, 0.15) is 22.4 Å². The van der Waals surface area contributed by atoms with Crippen LogP contribution in [0.5, 0.6) is 0 Å². The lowest BCUT2D eigenvalue weighted by Gasteiger charge is -2.20. The van der Waals surface area contributed by atoms with Gasteiger partial charge in [-0.25, -0.2) is 9.97 Å². The number of anilines is 2. The van der Waals surface area contributed by atoms with E-state index in [1.54, 1.807) is 6.33 Å². The van der Waals surface area contributed by atoms with E-state index in [1.807, 2.05) is 14.0 Å². The fourth-order valence-corrected chi connectivity index (χ4v) is 2.41. The molecule has 5 nitrogen and oxygen atoms in total. The summed E-state index contributed by atoms with van der Waals surface area (Å²) in [6.07, 6.45) is 4.25. The number of nitrogens with zero attached hydrogens (tertiary/aromatic N) is 3. The number of likely N-dealkylation sites (N-methyl/N-ethyl adjacent to an activating group) is 1. The number of ether oxygens (including phenoxy) is 1. The summed E-state index contributed by atoms with van der Waals surface area (Å²) in [5.41, 5.74) is 0. The summed E-state index contributed by atoms with van der Waals surface area (Å²) in [6, 6.07) is 0. The summed E-state index contributed by atoms with van der Waals surface area (Å²) in [5, 5.41) is 3.21. The Morgan fingerprint density at radius 1 is 1.47 bits per heavy atom. The van der Waals surface area contributed by atoms with Gasteiger partial charge in [-0.1, -0.05) is 0 Å². The molecule has 0 saturated heterocycles. The van der Waals surface area contributed by atoms with Crippen molar-refractivity contribution in [2.45, 2.75) is 19.8 Å². The highest BCUT2D eigenvalue weighted by atomic mass is 79.9. The molecule has 0 radical (unpaired) electrons. The van der Waals surface area contributed by atoms with Crippen LogP contribution in [0.1, 0.15) is 19.8 Å². The summed E-state index contributed by atoms with van der Waals surface area (Å²) < 4.78 is 6.56. The van der Waals surface area contributed by atoms with E-state index >= 15 is 0 Å². The third kappa shape index (κ3) is 4.31. The van der Waals surface area contributed by atoms with Gasteiger partial charge in [-0.15, -0.1) is 0 Å². The molecule has 0 spiro atoms. The highest BCUT2D eigenvalue weighted by molar-refractivity contribution is 9.10. The molecule has 1 aliphatic carbocycles. The molecule has 6 heteroatoms. The highest BCUT2D eigenvalue weighted by Crippen LogP contribution is 2.29. The lowest BCUT2D eigenvalue weighted by atomic mass is 10.4. The van der Waals surface area contributed by atoms with Crippen LogP contribution in [0.3, 0.4) is 0 Å². The van der Waals surface area contributed by atoms with Gasteiger partial charge >= 0.3 is 0 Å². The SMILES string of the molecule is CCNc1ncnc(N(C)CCOCC2CC2)c1Br. The van der Waals surface area contributed by atoms with Gasteiger partial charge in [0, 0.05) is 26.7 Å². The lowest BCUT2D eigenvalue weighted by Crippen LogP contribution is -2.24. The van der Waals surface area contributed by atoms with Gasteiger partial charge in [-0.05, 0) is 41.6 Å². The highest BCUT2D eigenvalue weighted by Gasteiger charge is 2.21. The number of hydrogen-bond acceptors (Lipinski definition) is 5. The standard InChI is InChI=1S/C13H21BrN4O/c1-3-15-12-11(14)13(17-9-16-12)18(2)6-7-19-8-10-4-5-10/h9-10H,3-8H2,1-2H3,(H,15,16,17). The first-order valence-corrected chi connectivity index (χ1v) is 7.55. The first kappa shape index (κ1) is 14.5. The zero-order chi connectivity index (χ0) is 13.7. The van der Waals surface area contributed by atoms with Crippen LogP contribution in [0.15, 0.2) is 10.8 Å². The van der Waals surface area contributed by atoms with Gasteiger partial charge in [-0.2, -0.15) is 0 Å². The quantitative estimate of drug-likeness (QED) is 0.743. The summed E-state index contributed by atoms with van der Waals surface area (Å²) >= 11 is 3.56. The summed E-state index contributed by atoms with van der Waals surface area (Å²) in [7, 11) is 2.02. The molecular formula is C13H21BrN4O. The van der Waals surface area contributed by atoms with Crippen molar-refractivity contribution in [3.63, 3.8) is 0 Å². The third-order valence-electron chi connectivity index (χ3n) is 3.10. The zero-order valence-corrected chi connectivity index (χ0v) is 13.1. The molecule has 0 atom stereocenters. The number of hydrogen-bond donors (Lipinski definition) is 1. The van der Waals surface area contributed by atoms with Crippen molar-refractivity contribution in [2.75, 3.05) is 43.6 Å². The molecule has 0 aromatic carbocycles. The Labute approximate surface area is 122 Å². The van der Waals surface area contributed by atoms with Crippen molar-refractivity contribution in [1.82, 2.24) is 9.97 Å². The molecule has 0 amide bonds. The Hall–Kier alpha value is -0.880. The van der Waals surface area contributed by atoms with E-state index in [0.717, 1.165) is 48.3 Å². The van der Waals surface area contributed by atoms with Gasteiger partial charge < -0.3 is 15.0 Å². The first-order chi connectivity index (χ1) is 9.22. The topological polar surface area (TPSA) is 50.3 Å². The van der Waals surface area contributed by atoms with Crippen molar-refractivity contribution in [2.24, 2.45) is 5.92 Å². The van der Waals surface area contributed by atoms with E-state index in [4.69, 9.17) is 4.74 Å². The maximum Gasteiger partial charge on any atom is 0.148 e. The monoisotopic (exact) mass is 328 g/mol. The summed E-state index contributed by atoms with van der Waals surface area (Å²) in [5.74, 6) is 2.54. The smallest absolute Gasteiger partial charge is 0.148 e. The third-order valence-corrected chi connectivity index (χ3v) is 3.83. The van der Waals surface area contributed by atoms with Crippen LogP contribution in [-0.4, -0.2) is 43.3 Å². The number of halogens is 1. The van der Waals surface area contributed by atoms with Gasteiger partial charge in [-0.3, -0.25) is 0 Å². The second-order valence-electron chi connectivity index (χ2n) is 4.83. The van der Waals surface area contributed by atoms with Crippen molar-refractivity contribution in [1.29, 1.82) is 0 Å². The van der Waals surface area contributed by atoms with Gasteiger partial charge in [0.25, 0.3) is 0 Å². The Kier molecular flexibility index (Phi) is 5.39. The molecule has 1 saturated carbocycles. The Bertz CT molecular complexity index is 412. The average molecular weight is 329 g/mol. The van der Waals surface area contributed by atoms with Crippen LogP contribution in [0.25, 0.3) is 0 Å². The fraction of sp³-hybridized carbons (Fsp3) is 0.692. The first-order valence-electron chi connectivity index (χ1n) is 6.75. The molecule has 106 valence electrons. The van der Waals surface area contributed by atoms with Crippen LogP contribution in [0.4, 0.5) is 11.6 Å². The van der Waals surface area contributed by atoms with Gasteiger partial charge in [0.15, 0.2) is 0 Å². The van der Waals surface area contributed by atoms with Gasteiger partial charge in [0.2, 0.25) is 0 Å².